The minimum Gasteiger partial charge on any atom is -0.309 e. The van der Waals surface area contributed by atoms with Gasteiger partial charge in [-0.1, -0.05) is 18.2 Å². The fraction of sp³-hybridized carbons (Fsp3) is 0.308. The molecule has 1 N–H and O–H groups in total. The van der Waals surface area contributed by atoms with Crippen molar-refractivity contribution in [3.8, 4) is 11.5 Å². The van der Waals surface area contributed by atoms with Crippen LogP contribution < -0.4 is 10.2 Å². The molecule has 0 bridgehead atoms. The summed E-state index contributed by atoms with van der Waals surface area (Å²) in [5.41, 5.74) is 0.0231. The fourth-order valence-electron chi connectivity index (χ4n) is 5.00. The first-order valence-corrected chi connectivity index (χ1v) is 12.1. The molecular weight excluding hydrogens is 518 g/mol. The van der Waals surface area contributed by atoms with Crippen LogP contribution in [0.2, 0.25) is 0 Å². The number of carbonyl (C=O) groups excluding carboxylic acids is 2. The Morgan fingerprint density at radius 3 is 2.59 bits per heavy atom. The van der Waals surface area contributed by atoms with E-state index in [1.165, 1.54) is 10.7 Å². The fourth-order valence-corrected chi connectivity index (χ4v) is 5.00. The van der Waals surface area contributed by atoms with Crippen LogP contribution in [0.5, 0.6) is 0 Å². The molecule has 2 aliphatic heterocycles. The zero-order valence-electron chi connectivity index (χ0n) is 20.8. The third kappa shape index (κ3) is 3.99. The smallest absolute Gasteiger partial charge is 0.309 e. The van der Waals surface area contributed by atoms with Gasteiger partial charge in [0.25, 0.3) is 0 Å². The quantitative estimate of drug-likeness (QED) is 0.390. The molecule has 200 valence electrons. The number of carbonyl (C=O) groups is 2. The average Bonchev–Trinajstić information content (AvgIpc) is 3.52. The van der Waals surface area contributed by atoms with Gasteiger partial charge in [0.05, 0.1) is 28.8 Å². The highest BCUT2D eigenvalue weighted by Gasteiger charge is 2.51. The van der Waals surface area contributed by atoms with Crippen molar-refractivity contribution in [2.24, 2.45) is 5.92 Å². The number of halogens is 4. The summed E-state index contributed by atoms with van der Waals surface area (Å²) in [5.74, 6) is -3.47. The Labute approximate surface area is 218 Å². The number of fused-ring (bicyclic) bond motifs is 2. The van der Waals surface area contributed by atoms with Gasteiger partial charge in [-0.05, 0) is 32.0 Å². The van der Waals surface area contributed by atoms with Gasteiger partial charge in [0.2, 0.25) is 11.8 Å². The van der Waals surface area contributed by atoms with Crippen LogP contribution in [0, 0.1) is 11.7 Å². The summed E-state index contributed by atoms with van der Waals surface area (Å²) in [7, 11) is 0. The average molecular weight is 539 g/mol. The molecule has 2 amide bonds. The van der Waals surface area contributed by atoms with Gasteiger partial charge in [0.15, 0.2) is 11.5 Å². The van der Waals surface area contributed by atoms with Crippen molar-refractivity contribution < 1.29 is 27.2 Å². The maximum Gasteiger partial charge on any atom is 0.394 e. The van der Waals surface area contributed by atoms with Gasteiger partial charge in [-0.2, -0.15) is 18.3 Å². The number of hydrogen-bond donors (Lipinski definition) is 1. The van der Waals surface area contributed by atoms with E-state index in [2.05, 4.69) is 25.4 Å². The van der Waals surface area contributed by atoms with Crippen LogP contribution in [-0.4, -0.2) is 49.3 Å². The molecule has 6 rings (SSSR count). The lowest BCUT2D eigenvalue weighted by molar-refractivity contribution is -0.169. The molecule has 0 saturated carbocycles. The van der Waals surface area contributed by atoms with Crippen molar-refractivity contribution in [1.29, 1.82) is 0 Å². The number of aromatic nitrogens is 5. The maximum absolute atomic E-state index is 14.4. The Morgan fingerprint density at radius 2 is 1.87 bits per heavy atom. The summed E-state index contributed by atoms with van der Waals surface area (Å²) < 4.78 is 56.4. The molecule has 4 aromatic rings. The highest BCUT2D eigenvalue weighted by atomic mass is 19.4. The molecule has 39 heavy (non-hydrogen) atoms. The van der Waals surface area contributed by atoms with Crippen LogP contribution in [0.1, 0.15) is 31.4 Å². The summed E-state index contributed by atoms with van der Waals surface area (Å²) in [6, 6.07) is 9.59. The number of amides is 2. The summed E-state index contributed by atoms with van der Waals surface area (Å²) in [5, 5.41) is 7.76. The minimum absolute atomic E-state index is 0.0182. The number of hydrogen-bond acceptors (Lipinski definition) is 6. The van der Waals surface area contributed by atoms with Gasteiger partial charge in [-0.3, -0.25) is 14.5 Å². The molecule has 1 fully saturated rings. The molecule has 1 unspecified atom stereocenters. The van der Waals surface area contributed by atoms with Crippen molar-refractivity contribution in [3.05, 3.63) is 59.5 Å². The topological polar surface area (TPSA) is 106 Å². The van der Waals surface area contributed by atoms with Crippen molar-refractivity contribution in [2.45, 2.75) is 38.4 Å². The molecule has 9 nitrogen and oxygen atoms in total. The lowest BCUT2D eigenvalue weighted by atomic mass is 9.87. The van der Waals surface area contributed by atoms with Gasteiger partial charge in [0, 0.05) is 24.7 Å². The number of nitrogens with one attached hydrogen (secondary N) is 1. The predicted molar refractivity (Wildman–Crippen MR) is 132 cm³/mol. The van der Waals surface area contributed by atoms with E-state index in [1.54, 1.807) is 50.4 Å². The number of pyridine rings is 1. The molecule has 1 atom stereocenters. The Balaban J connectivity index is 1.52. The van der Waals surface area contributed by atoms with Crippen LogP contribution in [0.15, 0.2) is 42.6 Å². The van der Waals surface area contributed by atoms with E-state index < -0.39 is 48.1 Å². The van der Waals surface area contributed by atoms with Gasteiger partial charge in [-0.25, -0.2) is 24.0 Å². The van der Waals surface area contributed by atoms with Crippen molar-refractivity contribution in [1.82, 2.24) is 24.7 Å². The van der Waals surface area contributed by atoms with E-state index >= 15 is 0 Å². The molecule has 2 aliphatic rings. The van der Waals surface area contributed by atoms with Crippen LogP contribution in [0.25, 0.3) is 22.6 Å². The summed E-state index contributed by atoms with van der Waals surface area (Å²) >= 11 is 0. The van der Waals surface area contributed by atoms with Gasteiger partial charge >= 0.3 is 6.18 Å². The van der Waals surface area contributed by atoms with Crippen LogP contribution in [0.4, 0.5) is 29.2 Å². The molecule has 5 heterocycles. The standard InChI is InChI=1S/C26H21F4N7O2/c1-25(2)18-20(34-24(25)39)32-21(33-23(18)36-12-14(10-17(36)38)26(28,29)30)19-15-7-5-9-31-22(15)37(35-19)11-13-6-3-4-8-16(13)27/h3-9,14H,10-12H2,1-2H3,(H,32,33,34,39). The summed E-state index contributed by atoms with van der Waals surface area (Å²) in [6.45, 7) is 2.59. The molecule has 0 aliphatic carbocycles. The van der Waals surface area contributed by atoms with E-state index in [1.807, 2.05) is 0 Å². The molecule has 0 radical (unpaired) electrons. The first-order valence-electron chi connectivity index (χ1n) is 12.1. The van der Waals surface area contributed by atoms with Crippen molar-refractivity contribution in [3.63, 3.8) is 0 Å². The van der Waals surface area contributed by atoms with Crippen LogP contribution >= 0.6 is 0 Å². The Morgan fingerprint density at radius 1 is 1.10 bits per heavy atom. The highest BCUT2D eigenvalue weighted by Crippen LogP contribution is 2.45. The van der Waals surface area contributed by atoms with E-state index in [0.717, 1.165) is 4.90 Å². The number of benzene rings is 1. The van der Waals surface area contributed by atoms with E-state index in [-0.39, 0.29) is 35.3 Å². The van der Waals surface area contributed by atoms with Crippen molar-refractivity contribution >= 4 is 34.5 Å². The lowest BCUT2D eigenvalue weighted by Gasteiger charge is -2.24. The SMILES string of the molecule is CC1(C)C(=O)Nc2nc(-c3nn(Cc4ccccc4F)c4ncccc34)nc(N3CC(C(F)(F)F)CC3=O)c21. The van der Waals surface area contributed by atoms with Crippen LogP contribution in [-0.2, 0) is 21.5 Å². The molecule has 13 heteroatoms. The number of nitrogens with zero attached hydrogens (tertiary/aromatic N) is 6. The third-order valence-electron chi connectivity index (χ3n) is 7.15. The van der Waals surface area contributed by atoms with Gasteiger partial charge in [-0.15, -0.1) is 0 Å². The first-order chi connectivity index (χ1) is 18.4. The van der Waals surface area contributed by atoms with E-state index in [4.69, 9.17) is 0 Å². The number of alkyl halides is 3. The lowest BCUT2D eigenvalue weighted by Crippen LogP contribution is -2.33. The number of rotatable bonds is 4. The van der Waals surface area contributed by atoms with E-state index in [0.29, 0.717) is 16.6 Å². The third-order valence-corrected chi connectivity index (χ3v) is 7.15. The maximum atomic E-state index is 14.4. The second kappa shape index (κ2) is 8.55. The van der Waals surface area contributed by atoms with E-state index in [9.17, 15) is 27.2 Å². The highest BCUT2D eigenvalue weighted by molar-refractivity contribution is 6.08. The zero-order chi connectivity index (χ0) is 27.7. The van der Waals surface area contributed by atoms with Gasteiger partial charge in [0.1, 0.15) is 23.1 Å². The first kappa shape index (κ1) is 24.9. The van der Waals surface area contributed by atoms with Crippen LogP contribution in [0.3, 0.4) is 0 Å². The minimum atomic E-state index is -4.57. The number of anilines is 2. The molecule has 0 spiro atoms. The monoisotopic (exact) mass is 539 g/mol. The second-order valence-electron chi connectivity index (χ2n) is 10.1. The molecule has 3 aromatic heterocycles. The summed E-state index contributed by atoms with van der Waals surface area (Å²) in [6.07, 6.45) is -3.74. The predicted octanol–water partition coefficient (Wildman–Crippen LogP) is 4.22. The molecule has 1 aromatic carbocycles. The largest absolute Gasteiger partial charge is 0.394 e. The second-order valence-corrected chi connectivity index (χ2v) is 10.1. The summed E-state index contributed by atoms with van der Waals surface area (Å²) in [4.78, 5) is 40.0. The molecular formula is C26H21F4N7O2. The Kier molecular flexibility index (Phi) is 5.45. The molecule has 1 saturated heterocycles. The normalized spacial score (nSPS) is 18.6. The van der Waals surface area contributed by atoms with Crippen molar-refractivity contribution in [2.75, 3.05) is 16.8 Å². The Hall–Kier alpha value is -4.42. The zero-order valence-corrected chi connectivity index (χ0v) is 20.8. The Bertz CT molecular complexity index is 1660. The van der Waals surface area contributed by atoms with Gasteiger partial charge < -0.3 is 5.32 Å².